The largest absolute Gasteiger partial charge is 0.457 e. The quantitative estimate of drug-likeness (QED) is 0.291. The van der Waals surface area contributed by atoms with Crippen LogP contribution in [-0.2, 0) is 11.3 Å². The van der Waals surface area contributed by atoms with Crippen molar-refractivity contribution in [2.45, 2.75) is 32.6 Å². The number of carbonyl (C=O) groups excluding carboxylic acids is 3. The molecule has 3 aromatic rings. The summed E-state index contributed by atoms with van der Waals surface area (Å²) in [5, 5.41) is 0.881. The highest BCUT2D eigenvalue weighted by atomic mass is 16.7. The van der Waals surface area contributed by atoms with E-state index in [0.29, 0.717) is 36.8 Å². The van der Waals surface area contributed by atoms with Crippen LogP contribution in [0.3, 0.4) is 0 Å². The average molecular weight is 501 g/mol. The standard InChI is InChI=1S/C30H32N2O5/c1-22-8-10-23(11-9-22)12-13-24-16-18-32(19-17-24)30(35)37-31(2)29(34)28-15-14-27(20-25(28)21-33)36-26-6-4-3-5-7-26/h3-11,14-15,20-21,24H,12-13,16-19H2,1-2H3. The fourth-order valence-electron chi connectivity index (χ4n) is 4.44. The van der Waals surface area contributed by atoms with Crippen LogP contribution in [0.4, 0.5) is 4.79 Å². The maximum absolute atomic E-state index is 12.9. The van der Waals surface area contributed by atoms with Crippen molar-refractivity contribution in [3.63, 3.8) is 0 Å². The second-order valence-corrected chi connectivity index (χ2v) is 9.40. The van der Waals surface area contributed by atoms with Gasteiger partial charge < -0.3 is 14.5 Å². The minimum absolute atomic E-state index is 0.125. The Bertz CT molecular complexity index is 1220. The third-order valence-electron chi connectivity index (χ3n) is 6.69. The Kier molecular flexibility index (Phi) is 8.56. The lowest BCUT2D eigenvalue weighted by atomic mass is 9.90. The van der Waals surface area contributed by atoms with Gasteiger partial charge in [0.15, 0.2) is 6.29 Å². The number of rotatable bonds is 7. The van der Waals surface area contributed by atoms with E-state index in [1.807, 2.05) is 18.2 Å². The number of nitrogens with zero attached hydrogens (tertiary/aromatic N) is 2. The van der Waals surface area contributed by atoms with Crippen LogP contribution in [0.2, 0.25) is 0 Å². The van der Waals surface area contributed by atoms with Crippen molar-refractivity contribution < 1.29 is 24.0 Å². The summed E-state index contributed by atoms with van der Waals surface area (Å²) >= 11 is 0. The van der Waals surface area contributed by atoms with Crippen LogP contribution in [0.15, 0.2) is 72.8 Å². The second kappa shape index (κ2) is 12.2. The molecule has 2 amide bonds. The van der Waals surface area contributed by atoms with E-state index in [-0.39, 0.29) is 11.1 Å². The minimum Gasteiger partial charge on any atom is -0.457 e. The maximum atomic E-state index is 12.9. The number of likely N-dealkylation sites (tertiary alicyclic amines) is 1. The number of carbonyl (C=O) groups is 3. The van der Waals surface area contributed by atoms with E-state index in [9.17, 15) is 14.4 Å². The molecule has 0 unspecified atom stereocenters. The zero-order valence-corrected chi connectivity index (χ0v) is 21.3. The topological polar surface area (TPSA) is 76.2 Å². The van der Waals surface area contributed by atoms with Gasteiger partial charge >= 0.3 is 6.09 Å². The van der Waals surface area contributed by atoms with E-state index >= 15 is 0 Å². The van der Waals surface area contributed by atoms with E-state index in [1.54, 1.807) is 23.1 Å². The molecule has 1 heterocycles. The number of hydroxylamine groups is 2. The lowest BCUT2D eigenvalue weighted by Gasteiger charge is -2.32. The fourth-order valence-corrected chi connectivity index (χ4v) is 4.44. The monoisotopic (exact) mass is 500 g/mol. The van der Waals surface area contributed by atoms with Crippen molar-refractivity contribution in [2.24, 2.45) is 5.92 Å². The van der Waals surface area contributed by atoms with Gasteiger partial charge in [-0.3, -0.25) is 9.59 Å². The molecule has 0 bridgehead atoms. The van der Waals surface area contributed by atoms with Crippen LogP contribution in [0, 0.1) is 12.8 Å². The molecule has 0 atom stereocenters. The number of aryl methyl sites for hydroxylation is 2. The van der Waals surface area contributed by atoms with Crippen molar-refractivity contribution in [3.05, 3.63) is 95.1 Å². The Morgan fingerprint density at radius 2 is 1.68 bits per heavy atom. The van der Waals surface area contributed by atoms with Gasteiger partial charge in [0.1, 0.15) is 11.5 Å². The SMILES string of the molecule is Cc1ccc(CCC2CCN(C(=O)ON(C)C(=O)c3ccc(Oc4ccccc4)cc3C=O)CC2)cc1. The summed E-state index contributed by atoms with van der Waals surface area (Å²) in [6.45, 7) is 3.26. The molecule has 1 aliphatic rings. The Balaban J connectivity index is 1.28. The first kappa shape index (κ1) is 25.9. The zero-order chi connectivity index (χ0) is 26.2. The van der Waals surface area contributed by atoms with E-state index in [2.05, 4.69) is 31.2 Å². The Morgan fingerprint density at radius 1 is 0.973 bits per heavy atom. The second-order valence-electron chi connectivity index (χ2n) is 9.40. The molecule has 0 radical (unpaired) electrons. The van der Waals surface area contributed by atoms with Gasteiger partial charge in [0.05, 0.1) is 5.56 Å². The first-order chi connectivity index (χ1) is 17.9. The number of ether oxygens (including phenoxy) is 1. The molecule has 1 saturated heterocycles. The van der Waals surface area contributed by atoms with Crippen LogP contribution >= 0.6 is 0 Å². The first-order valence-electron chi connectivity index (χ1n) is 12.6. The van der Waals surface area contributed by atoms with Crippen molar-refractivity contribution in [2.75, 3.05) is 20.1 Å². The van der Waals surface area contributed by atoms with Crippen LogP contribution in [0.25, 0.3) is 0 Å². The molecule has 0 saturated carbocycles. The molecule has 7 nitrogen and oxygen atoms in total. The minimum atomic E-state index is -0.588. The summed E-state index contributed by atoms with van der Waals surface area (Å²) < 4.78 is 5.74. The van der Waals surface area contributed by atoms with Crippen LogP contribution in [0.1, 0.15) is 51.1 Å². The van der Waals surface area contributed by atoms with E-state index in [0.717, 1.165) is 30.7 Å². The van der Waals surface area contributed by atoms with Gasteiger partial charge in [-0.2, -0.15) is 5.06 Å². The highest BCUT2D eigenvalue weighted by Crippen LogP contribution is 2.25. The third-order valence-corrected chi connectivity index (χ3v) is 6.69. The Hall–Kier alpha value is -4.13. The molecular weight excluding hydrogens is 468 g/mol. The number of amides is 2. The van der Waals surface area contributed by atoms with Gasteiger partial charge in [0, 0.05) is 25.7 Å². The molecule has 1 fully saturated rings. The average Bonchev–Trinajstić information content (AvgIpc) is 2.93. The summed E-state index contributed by atoms with van der Waals surface area (Å²) in [6.07, 6.45) is 3.93. The van der Waals surface area contributed by atoms with Crippen molar-refractivity contribution in [3.8, 4) is 11.5 Å². The number of hydrogen-bond acceptors (Lipinski definition) is 5. The van der Waals surface area contributed by atoms with E-state index < -0.39 is 12.0 Å². The van der Waals surface area contributed by atoms with Crippen molar-refractivity contribution in [1.82, 2.24) is 9.96 Å². The summed E-state index contributed by atoms with van der Waals surface area (Å²) in [5.41, 5.74) is 2.87. The normalized spacial score (nSPS) is 13.6. The summed E-state index contributed by atoms with van der Waals surface area (Å²) in [4.78, 5) is 44.3. The first-order valence-corrected chi connectivity index (χ1v) is 12.6. The number of para-hydroxylation sites is 1. The van der Waals surface area contributed by atoms with Gasteiger partial charge in [-0.05, 0) is 74.4 Å². The maximum Gasteiger partial charge on any atom is 0.434 e. The molecule has 0 aliphatic carbocycles. The smallest absolute Gasteiger partial charge is 0.434 e. The molecule has 4 rings (SSSR count). The van der Waals surface area contributed by atoms with Gasteiger partial charge in [0.2, 0.25) is 0 Å². The molecular formula is C30H32N2O5. The predicted octanol–water partition coefficient (Wildman–Crippen LogP) is 6.07. The highest BCUT2D eigenvalue weighted by molar-refractivity contribution is 6.01. The van der Waals surface area contributed by atoms with Crippen LogP contribution in [-0.4, -0.2) is 48.4 Å². The van der Waals surface area contributed by atoms with Crippen molar-refractivity contribution >= 4 is 18.3 Å². The molecule has 3 aromatic carbocycles. The van der Waals surface area contributed by atoms with Gasteiger partial charge in [0.25, 0.3) is 5.91 Å². The molecule has 1 aliphatic heterocycles. The number of aldehydes is 1. The van der Waals surface area contributed by atoms with Gasteiger partial charge in [-0.15, -0.1) is 0 Å². The molecule has 0 spiro atoms. The van der Waals surface area contributed by atoms with Crippen LogP contribution < -0.4 is 4.74 Å². The van der Waals surface area contributed by atoms with E-state index in [4.69, 9.17) is 9.57 Å². The predicted molar refractivity (Wildman–Crippen MR) is 141 cm³/mol. The lowest BCUT2D eigenvalue weighted by molar-refractivity contribution is -0.0678. The number of hydrogen-bond donors (Lipinski definition) is 0. The summed E-state index contributed by atoms with van der Waals surface area (Å²) in [6, 6.07) is 22.3. The fraction of sp³-hybridized carbons (Fsp3) is 0.300. The highest BCUT2D eigenvalue weighted by Gasteiger charge is 2.27. The molecule has 37 heavy (non-hydrogen) atoms. The Labute approximate surface area is 217 Å². The van der Waals surface area contributed by atoms with E-state index in [1.165, 1.54) is 30.3 Å². The molecule has 0 aromatic heterocycles. The third kappa shape index (κ3) is 6.97. The van der Waals surface area contributed by atoms with Gasteiger partial charge in [-0.25, -0.2) is 4.79 Å². The molecule has 7 heteroatoms. The summed E-state index contributed by atoms with van der Waals surface area (Å²) in [5.74, 6) is 1.00. The molecule has 0 N–H and O–H groups in total. The number of piperidine rings is 1. The van der Waals surface area contributed by atoms with Crippen molar-refractivity contribution in [1.29, 1.82) is 0 Å². The number of benzene rings is 3. The Morgan fingerprint density at radius 3 is 2.35 bits per heavy atom. The van der Waals surface area contributed by atoms with Crippen LogP contribution in [0.5, 0.6) is 11.5 Å². The zero-order valence-electron chi connectivity index (χ0n) is 21.3. The van der Waals surface area contributed by atoms with Gasteiger partial charge in [-0.1, -0.05) is 48.0 Å². The lowest BCUT2D eigenvalue weighted by Crippen LogP contribution is -2.42. The summed E-state index contributed by atoms with van der Waals surface area (Å²) in [7, 11) is 1.37. The molecule has 192 valence electrons.